The van der Waals surface area contributed by atoms with Gasteiger partial charge in [0.25, 0.3) is 5.91 Å². The van der Waals surface area contributed by atoms with Crippen LogP contribution < -0.4 is 10.1 Å². The molecule has 0 heterocycles. The number of nitrogens with one attached hydrogen (secondary N) is 1. The number of nitriles is 1. The monoisotopic (exact) mass is 390 g/mol. The van der Waals surface area contributed by atoms with Crippen LogP contribution in [0.4, 0.5) is 14.5 Å². The maximum absolute atomic E-state index is 13.7. The van der Waals surface area contributed by atoms with Crippen molar-refractivity contribution in [2.24, 2.45) is 0 Å². The third-order valence-electron chi connectivity index (χ3n) is 3.95. The lowest BCUT2D eigenvalue weighted by atomic mass is 10.1. The number of rotatable bonds is 6. The summed E-state index contributed by atoms with van der Waals surface area (Å²) in [5, 5.41) is 11.7. The number of para-hydroxylation sites is 1. The molecule has 3 rings (SSSR count). The average Bonchev–Trinajstić information content (AvgIpc) is 2.72. The Morgan fingerprint density at radius 3 is 2.59 bits per heavy atom. The first-order valence-electron chi connectivity index (χ1n) is 8.70. The van der Waals surface area contributed by atoms with E-state index in [0.29, 0.717) is 16.9 Å². The van der Waals surface area contributed by atoms with Gasteiger partial charge < -0.3 is 10.1 Å². The summed E-state index contributed by atoms with van der Waals surface area (Å²) in [4.78, 5) is 12.3. The molecule has 3 aromatic rings. The van der Waals surface area contributed by atoms with E-state index in [2.05, 4.69) is 5.32 Å². The van der Waals surface area contributed by atoms with Crippen LogP contribution in [0, 0.1) is 23.0 Å². The van der Waals surface area contributed by atoms with E-state index in [9.17, 15) is 18.8 Å². The zero-order valence-corrected chi connectivity index (χ0v) is 15.2. The molecule has 0 aromatic heterocycles. The van der Waals surface area contributed by atoms with Crippen LogP contribution in [0.2, 0.25) is 0 Å². The van der Waals surface area contributed by atoms with E-state index in [-0.39, 0.29) is 23.7 Å². The van der Waals surface area contributed by atoms with Crippen molar-refractivity contribution in [2.75, 3.05) is 5.32 Å². The number of hydrogen-bond donors (Lipinski definition) is 1. The Morgan fingerprint density at radius 1 is 1.03 bits per heavy atom. The van der Waals surface area contributed by atoms with Gasteiger partial charge in [0.2, 0.25) is 0 Å². The second-order valence-corrected chi connectivity index (χ2v) is 6.09. The molecule has 0 radical (unpaired) electrons. The summed E-state index contributed by atoms with van der Waals surface area (Å²) in [6.07, 6.45) is 1.38. The molecule has 1 N–H and O–H groups in total. The third kappa shape index (κ3) is 5.50. The Bertz CT molecular complexity index is 1100. The summed E-state index contributed by atoms with van der Waals surface area (Å²) in [5.74, 6) is -1.16. The zero-order valence-electron chi connectivity index (χ0n) is 15.2. The van der Waals surface area contributed by atoms with Gasteiger partial charge in [0.1, 0.15) is 35.6 Å². The van der Waals surface area contributed by atoms with Gasteiger partial charge >= 0.3 is 0 Å². The maximum Gasteiger partial charge on any atom is 0.266 e. The van der Waals surface area contributed by atoms with Gasteiger partial charge in [-0.25, -0.2) is 8.78 Å². The smallest absolute Gasteiger partial charge is 0.266 e. The van der Waals surface area contributed by atoms with Crippen LogP contribution in [0.3, 0.4) is 0 Å². The van der Waals surface area contributed by atoms with Crippen LogP contribution in [0.15, 0.2) is 78.4 Å². The minimum Gasteiger partial charge on any atom is -0.489 e. The van der Waals surface area contributed by atoms with Crippen molar-refractivity contribution in [3.8, 4) is 11.8 Å². The highest BCUT2D eigenvalue weighted by atomic mass is 19.1. The number of carbonyl (C=O) groups excluding carboxylic acids is 1. The highest BCUT2D eigenvalue weighted by Crippen LogP contribution is 2.19. The second kappa shape index (κ2) is 9.29. The number of hydrogen-bond acceptors (Lipinski definition) is 3. The number of carbonyl (C=O) groups is 1. The molecular weight excluding hydrogens is 374 g/mol. The van der Waals surface area contributed by atoms with Crippen molar-refractivity contribution in [2.45, 2.75) is 6.61 Å². The topological polar surface area (TPSA) is 62.1 Å². The van der Waals surface area contributed by atoms with Crippen molar-refractivity contribution >= 4 is 17.7 Å². The highest BCUT2D eigenvalue weighted by Gasteiger charge is 2.12. The summed E-state index contributed by atoms with van der Waals surface area (Å²) in [6.45, 7) is 0.170. The van der Waals surface area contributed by atoms with Crippen molar-refractivity contribution < 1.29 is 18.3 Å². The first kappa shape index (κ1) is 19.8. The molecule has 0 unspecified atom stereocenters. The number of halogens is 2. The van der Waals surface area contributed by atoms with Crippen LogP contribution in [0.1, 0.15) is 11.1 Å². The molecule has 0 aliphatic heterocycles. The van der Waals surface area contributed by atoms with E-state index in [1.165, 1.54) is 36.4 Å². The minimum absolute atomic E-state index is 0.00849. The lowest BCUT2D eigenvalue weighted by molar-refractivity contribution is -0.112. The van der Waals surface area contributed by atoms with E-state index < -0.39 is 11.7 Å². The average molecular weight is 390 g/mol. The normalized spacial score (nSPS) is 10.9. The van der Waals surface area contributed by atoms with Crippen LogP contribution in [-0.4, -0.2) is 5.91 Å². The number of nitrogens with zero attached hydrogens (tertiary/aromatic N) is 1. The van der Waals surface area contributed by atoms with Crippen LogP contribution in [0.25, 0.3) is 6.08 Å². The van der Waals surface area contributed by atoms with Gasteiger partial charge in [-0.05, 0) is 53.6 Å². The molecule has 0 fully saturated rings. The Kier molecular flexibility index (Phi) is 6.33. The van der Waals surface area contributed by atoms with Gasteiger partial charge in [0.15, 0.2) is 0 Å². The molecular formula is C23H16F2N2O2. The van der Waals surface area contributed by atoms with Crippen molar-refractivity contribution in [1.29, 1.82) is 5.26 Å². The summed E-state index contributed by atoms with van der Waals surface area (Å²) in [7, 11) is 0. The molecule has 0 spiro atoms. The Hall–Kier alpha value is -3.98. The fourth-order valence-corrected chi connectivity index (χ4v) is 2.56. The molecule has 4 nitrogen and oxygen atoms in total. The number of amides is 1. The maximum atomic E-state index is 13.7. The molecule has 3 aromatic carbocycles. The molecule has 0 atom stereocenters. The van der Waals surface area contributed by atoms with E-state index >= 15 is 0 Å². The van der Waals surface area contributed by atoms with Gasteiger partial charge in [-0.15, -0.1) is 0 Å². The zero-order chi connectivity index (χ0) is 20.6. The van der Waals surface area contributed by atoms with Gasteiger partial charge in [0.05, 0.1) is 5.69 Å². The molecule has 144 valence electrons. The Morgan fingerprint density at radius 2 is 1.83 bits per heavy atom. The standard InChI is InChI=1S/C23H16F2N2O2/c24-19-7-3-6-17(12-19)15-29-20-8-4-5-16(13-20)11-18(14-26)23(28)27-22-10-2-1-9-21(22)25/h1-13H,15H2,(H,27,28)/b18-11-. The van der Waals surface area contributed by atoms with E-state index in [1.54, 1.807) is 42.5 Å². The third-order valence-corrected chi connectivity index (χ3v) is 3.95. The predicted molar refractivity (Wildman–Crippen MR) is 106 cm³/mol. The van der Waals surface area contributed by atoms with E-state index in [1.807, 2.05) is 6.07 Å². The predicted octanol–water partition coefficient (Wildman–Crippen LogP) is 5.09. The van der Waals surface area contributed by atoms with E-state index in [0.717, 1.165) is 0 Å². The summed E-state index contributed by atoms with van der Waals surface area (Å²) in [6, 6.07) is 20.3. The quantitative estimate of drug-likeness (QED) is 0.471. The molecule has 0 bridgehead atoms. The minimum atomic E-state index is -0.719. The van der Waals surface area contributed by atoms with Crippen LogP contribution >= 0.6 is 0 Å². The Balaban J connectivity index is 1.72. The molecule has 29 heavy (non-hydrogen) atoms. The lowest BCUT2D eigenvalue weighted by Gasteiger charge is -2.08. The summed E-state index contributed by atoms with van der Waals surface area (Å²) in [5.41, 5.74) is 1.04. The SMILES string of the molecule is N#C/C(=C/c1cccc(OCc2cccc(F)c2)c1)C(=O)Nc1ccccc1F. The number of ether oxygens (including phenoxy) is 1. The number of benzene rings is 3. The first-order valence-corrected chi connectivity index (χ1v) is 8.70. The fraction of sp³-hybridized carbons (Fsp3) is 0.0435. The molecule has 0 saturated heterocycles. The summed E-state index contributed by atoms with van der Waals surface area (Å²) >= 11 is 0. The van der Waals surface area contributed by atoms with E-state index in [4.69, 9.17) is 4.74 Å². The molecule has 0 aliphatic carbocycles. The molecule has 6 heteroatoms. The lowest BCUT2D eigenvalue weighted by Crippen LogP contribution is -2.14. The van der Waals surface area contributed by atoms with Gasteiger partial charge in [0, 0.05) is 0 Å². The first-order chi connectivity index (χ1) is 14.0. The van der Waals surface area contributed by atoms with Crippen molar-refractivity contribution in [3.63, 3.8) is 0 Å². The van der Waals surface area contributed by atoms with Gasteiger partial charge in [-0.3, -0.25) is 4.79 Å². The summed E-state index contributed by atoms with van der Waals surface area (Å²) < 4.78 is 32.6. The Labute approximate surface area is 166 Å². The van der Waals surface area contributed by atoms with Crippen molar-refractivity contribution in [1.82, 2.24) is 0 Å². The molecule has 0 aliphatic rings. The largest absolute Gasteiger partial charge is 0.489 e. The fourth-order valence-electron chi connectivity index (χ4n) is 2.56. The molecule has 0 saturated carbocycles. The van der Waals surface area contributed by atoms with Gasteiger partial charge in [-0.1, -0.05) is 36.4 Å². The molecule has 1 amide bonds. The number of anilines is 1. The van der Waals surface area contributed by atoms with Gasteiger partial charge in [-0.2, -0.15) is 5.26 Å². The van der Waals surface area contributed by atoms with Crippen LogP contribution in [0.5, 0.6) is 5.75 Å². The highest BCUT2D eigenvalue weighted by molar-refractivity contribution is 6.09. The van der Waals surface area contributed by atoms with Crippen molar-refractivity contribution in [3.05, 3.63) is 101 Å². The van der Waals surface area contributed by atoms with Crippen LogP contribution in [-0.2, 0) is 11.4 Å². The second-order valence-electron chi connectivity index (χ2n) is 6.09.